The second-order valence-electron chi connectivity index (χ2n) is 5.43. The van der Waals surface area contributed by atoms with Crippen molar-refractivity contribution in [1.82, 2.24) is 9.97 Å². The SMILES string of the molecule is CC(C)(C)c1nc(Br)cc(Oc2cccc(F)c2C#N)n1. The highest BCUT2D eigenvalue weighted by atomic mass is 79.9. The van der Waals surface area contributed by atoms with Crippen LogP contribution in [-0.2, 0) is 5.41 Å². The van der Waals surface area contributed by atoms with Gasteiger partial charge in [-0.2, -0.15) is 10.2 Å². The highest BCUT2D eigenvalue weighted by Crippen LogP contribution is 2.29. The average molecular weight is 350 g/mol. The van der Waals surface area contributed by atoms with E-state index in [1.807, 2.05) is 20.8 Å². The lowest BCUT2D eigenvalue weighted by Crippen LogP contribution is -2.16. The van der Waals surface area contributed by atoms with Gasteiger partial charge in [-0.05, 0) is 28.1 Å². The predicted octanol–water partition coefficient (Wildman–Crippen LogP) is 4.34. The number of hydrogen-bond donors (Lipinski definition) is 0. The van der Waals surface area contributed by atoms with E-state index < -0.39 is 5.82 Å². The highest BCUT2D eigenvalue weighted by molar-refractivity contribution is 9.10. The van der Waals surface area contributed by atoms with Gasteiger partial charge in [0.15, 0.2) is 0 Å². The molecule has 0 unspecified atom stereocenters. The highest BCUT2D eigenvalue weighted by Gasteiger charge is 2.20. The minimum atomic E-state index is -0.626. The molecule has 0 aliphatic carbocycles. The molecule has 2 rings (SSSR count). The van der Waals surface area contributed by atoms with Crippen LogP contribution in [-0.4, -0.2) is 9.97 Å². The molecule has 1 aromatic carbocycles. The Balaban J connectivity index is 2.44. The molecular formula is C15H13BrFN3O. The first kappa shape index (κ1) is 15.4. The van der Waals surface area contributed by atoms with Crippen LogP contribution >= 0.6 is 15.9 Å². The summed E-state index contributed by atoms with van der Waals surface area (Å²) in [6, 6.07) is 7.57. The average Bonchev–Trinajstić information content (AvgIpc) is 2.37. The molecule has 0 fully saturated rings. The molecule has 0 saturated carbocycles. The monoisotopic (exact) mass is 349 g/mol. The fourth-order valence-corrected chi connectivity index (χ4v) is 1.96. The van der Waals surface area contributed by atoms with Gasteiger partial charge in [0.25, 0.3) is 0 Å². The molecule has 2 aromatic rings. The Kier molecular flexibility index (Phi) is 4.24. The third-order valence-electron chi connectivity index (χ3n) is 2.64. The number of ether oxygens (including phenoxy) is 1. The van der Waals surface area contributed by atoms with Crippen LogP contribution in [0, 0.1) is 17.1 Å². The van der Waals surface area contributed by atoms with Crippen molar-refractivity contribution in [1.29, 1.82) is 5.26 Å². The zero-order valence-electron chi connectivity index (χ0n) is 11.8. The van der Waals surface area contributed by atoms with Crippen LogP contribution < -0.4 is 4.74 Å². The predicted molar refractivity (Wildman–Crippen MR) is 79.6 cm³/mol. The second-order valence-corrected chi connectivity index (χ2v) is 6.24. The number of nitrogens with zero attached hydrogens (tertiary/aromatic N) is 3. The molecule has 0 spiro atoms. The molecule has 4 nitrogen and oxygen atoms in total. The number of nitriles is 1. The topological polar surface area (TPSA) is 58.8 Å². The van der Waals surface area contributed by atoms with Crippen molar-refractivity contribution in [3.05, 3.63) is 46.1 Å². The number of hydrogen-bond acceptors (Lipinski definition) is 4. The van der Waals surface area contributed by atoms with Gasteiger partial charge in [0.05, 0.1) is 0 Å². The summed E-state index contributed by atoms with van der Waals surface area (Å²) in [5.41, 5.74) is -0.411. The van der Waals surface area contributed by atoms with E-state index >= 15 is 0 Å². The summed E-state index contributed by atoms with van der Waals surface area (Å²) in [5, 5.41) is 9.00. The molecular weight excluding hydrogens is 337 g/mol. The van der Waals surface area contributed by atoms with Crippen molar-refractivity contribution >= 4 is 15.9 Å². The van der Waals surface area contributed by atoms with Gasteiger partial charge in [-0.1, -0.05) is 26.8 Å². The van der Waals surface area contributed by atoms with Crippen molar-refractivity contribution in [2.45, 2.75) is 26.2 Å². The van der Waals surface area contributed by atoms with E-state index in [-0.39, 0.29) is 22.6 Å². The molecule has 0 amide bonds. The Bertz CT molecular complexity index is 720. The fourth-order valence-electron chi connectivity index (χ4n) is 1.60. The summed E-state index contributed by atoms with van der Waals surface area (Å²) in [5.74, 6) is 0.341. The lowest BCUT2D eigenvalue weighted by molar-refractivity contribution is 0.439. The Morgan fingerprint density at radius 3 is 2.62 bits per heavy atom. The molecule has 0 bridgehead atoms. The summed E-state index contributed by atoms with van der Waals surface area (Å²) in [4.78, 5) is 8.60. The summed E-state index contributed by atoms with van der Waals surface area (Å²) < 4.78 is 19.7. The fraction of sp³-hybridized carbons (Fsp3) is 0.267. The largest absolute Gasteiger partial charge is 0.437 e. The van der Waals surface area contributed by atoms with E-state index in [9.17, 15) is 4.39 Å². The first-order valence-electron chi connectivity index (χ1n) is 6.23. The Hall–Kier alpha value is -2.00. The van der Waals surface area contributed by atoms with Crippen LogP contribution in [0.25, 0.3) is 0 Å². The summed E-state index contributed by atoms with van der Waals surface area (Å²) in [7, 11) is 0. The summed E-state index contributed by atoms with van der Waals surface area (Å²) in [6.45, 7) is 5.92. The van der Waals surface area contributed by atoms with Crippen molar-refractivity contribution in [2.75, 3.05) is 0 Å². The number of halogens is 2. The van der Waals surface area contributed by atoms with E-state index in [4.69, 9.17) is 10.00 Å². The van der Waals surface area contributed by atoms with Crippen LogP contribution in [0.15, 0.2) is 28.9 Å². The lowest BCUT2D eigenvalue weighted by Gasteiger charge is -2.17. The molecule has 0 radical (unpaired) electrons. The van der Waals surface area contributed by atoms with Gasteiger partial charge < -0.3 is 4.74 Å². The van der Waals surface area contributed by atoms with Gasteiger partial charge in [-0.15, -0.1) is 0 Å². The van der Waals surface area contributed by atoms with E-state index in [1.54, 1.807) is 12.1 Å². The Morgan fingerprint density at radius 2 is 2.00 bits per heavy atom. The van der Waals surface area contributed by atoms with E-state index in [0.29, 0.717) is 10.4 Å². The third-order valence-corrected chi connectivity index (χ3v) is 3.05. The van der Waals surface area contributed by atoms with Gasteiger partial charge in [0, 0.05) is 11.5 Å². The molecule has 0 aliphatic heterocycles. The first-order chi connectivity index (χ1) is 9.81. The Morgan fingerprint density at radius 1 is 1.29 bits per heavy atom. The first-order valence-corrected chi connectivity index (χ1v) is 7.02. The zero-order valence-corrected chi connectivity index (χ0v) is 13.4. The van der Waals surface area contributed by atoms with E-state index in [2.05, 4.69) is 25.9 Å². The maximum absolute atomic E-state index is 13.6. The minimum absolute atomic E-state index is 0.128. The van der Waals surface area contributed by atoms with Crippen LogP contribution in [0.3, 0.4) is 0 Å². The zero-order chi connectivity index (χ0) is 15.6. The third kappa shape index (κ3) is 3.56. The number of rotatable bonds is 2. The standard InChI is InChI=1S/C15H13BrFN3O/c1-15(2,3)14-19-12(16)7-13(20-14)21-11-6-4-5-10(17)9(11)8-18/h4-7H,1-3H3. The lowest BCUT2D eigenvalue weighted by atomic mass is 9.96. The van der Waals surface area contributed by atoms with Gasteiger partial charge in [-0.25, -0.2) is 9.37 Å². The normalized spacial score (nSPS) is 11.0. The summed E-state index contributed by atoms with van der Waals surface area (Å²) >= 11 is 3.30. The molecule has 1 heterocycles. The maximum atomic E-state index is 13.6. The molecule has 0 atom stereocenters. The van der Waals surface area contributed by atoms with E-state index in [1.165, 1.54) is 18.2 Å². The smallest absolute Gasteiger partial charge is 0.223 e. The molecule has 0 aliphatic rings. The molecule has 0 saturated heterocycles. The number of benzene rings is 1. The minimum Gasteiger partial charge on any atom is -0.437 e. The van der Waals surface area contributed by atoms with Crippen molar-refractivity contribution in [3.8, 4) is 17.7 Å². The van der Waals surface area contributed by atoms with Crippen LogP contribution in [0.5, 0.6) is 11.6 Å². The summed E-state index contributed by atoms with van der Waals surface area (Å²) in [6.07, 6.45) is 0. The molecule has 1 aromatic heterocycles. The maximum Gasteiger partial charge on any atom is 0.223 e. The van der Waals surface area contributed by atoms with Gasteiger partial charge in [-0.3, -0.25) is 0 Å². The van der Waals surface area contributed by atoms with Crippen molar-refractivity contribution in [2.24, 2.45) is 0 Å². The number of aromatic nitrogens is 2. The second kappa shape index (κ2) is 5.78. The molecule has 21 heavy (non-hydrogen) atoms. The van der Waals surface area contributed by atoms with Gasteiger partial charge in [0.1, 0.15) is 33.6 Å². The van der Waals surface area contributed by atoms with Crippen molar-refractivity contribution in [3.63, 3.8) is 0 Å². The quantitative estimate of drug-likeness (QED) is 0.756. The molecule has 108 valence electrons. The van der Waals surface area contributed by atoms with Crippen LogP contribution in [0.2, 0.25) is 0 Å². The van der Waals surface area contributed by atoms with Crippen LogP contribution in [0.1, 0.15) is 32.2 Å². The molecule has 0 N–H and O–H groups in total. The van der Waals surface area contributed by atoms with Crippen LogP contribution in [0.4, 0.5) is 4.39 Å². The van der Waals surface area contributed by atoms with Gasteiger partial charge in [0.2, 0.25) is 5.88 Å². The molecule has 6 heteroatoms. The van der Waals surface area contributed by atoms with E-state index in [0.717, 1.165) is 0 Å². The van der Waals surface area contributed by atoms with Crippen molar-refractivity contribution < 1.29 is 9.13 Å². The Labute approximate surface area is 130 Å². The van der Waals surface area contributed by atoms with Gasteiger partial charge >= 0.3 is 0 Å².